The van der Waals surface area contributed by atoms with Gasteiger partial charge in [-0.05, 0) is 36.4 Å². The van der Waals surface area contributed by atoms with Gasteiger partial charge in [0.2, 0.25) is 11.7 Å². The molecule has 0 radical (unpaired) electrons. The van der Waals surface area contributed by atoms with E-state index in [1.807, 2.05) is 47.0 Å². The maximum Gasteiger partial charge on any atom is 0.221 e. The Morgan fingerprint density at radius 2 is 1.63 bits per heavy atom. The van der Waals surface area contributed by atoms with Gasteiger partial charge in [-0.1, -0.05) is 53.9 Å². The first-order valence-corrected chi connectivity index (χ1v) is 11.7. The Kier molecular flexibility index (Phi) is 4.99. The minimum absolute atomic E-state index is 0. The number of hydrogen-bond acceptors (Lipinski definition) is 6. The zero-order valence-corrected chi connectivity index (χ0v) is 21.7. The molecule has 0 aliphatic carbocycles. The van der Waals surface area contributed by atoms with Gasteiger partial charge in [0, 0.05) is 50.0 Å². The van der Waals surface area contributed by atoms with E-state index in [1.165, 1.54) is 12.3 Å². The molecule has 0 bridgehead atoms. The molecule has 3 aromatic carbocycles. The van der Waals surface area contributed by atoms with Gasteiger partial charge in [-0.15, -0.1) is 0 Å². The maximum absolute atomic E-state index is 10.3. The number of pyridine rings is 2. The van der Waals surface area contributed by atoms with Gasteiger partial charge < -0.3 is 14.3 Å². The summed E-state index contributed by atoms with van der Waals surface area (Å²) in [4.78, 5) is 13.9. The minimum atomic E-state index is 0. The largest absolute Gasteiger partial charge is 0.517 e. The summed E-state index contributed by atoms with van der Waals surface area (Å²) >= 11 is 0. The molecule has 8 rings (SSSR count). The second-order valence-corrected chi connectivity index (χ2v) is 8.67. The van der Waals surface area contributed by atoms with Crippen molar-refractivity contribution in [1.29, 1.82) is 0 Å². The van der Waals surface area contributed by atoms with E-state index < -0.39 is 0 Å². The van der Waals surface area contributed by atoms with Gasteiger partial charge in [0.15, 0.2) is 5.71 Å². The van der Waals surface area contributed by atoms with Crippen molar-refractivity contribution in [2.75, 3.05) is 0 Å². The summed E-state index contributed by atoms with van der Waals surface area (Å²) in [6, 6.07) is 30.1. The molecule has 5 heterocycles. The first-order chi connectivity index (χ1) is 18.2. The Bertz CT molecular complexity index is 2160. The van der Waals surface area contributed by atoms with Crippen LogP contribution in [0.5, 0.6) is 17.4 Å². The number of nitrogens with zero attached hydrogens (tertiary/aromatic N) is 5. The van der Waals surface area contributed by atoms with E-state index in [2.05, 4.69) is 33.7 Å². The molecular weight excluding hydrogens is 661 g/mol. The van der Waals surface area contributed by atoms with Crippen molar-refractivity contribution in [3.63, 3.8) is 0 Å². The zero-order chi connectivity index (χ0) is 24.5. The predicted molar refractivity (Wildman–Crippen MR) is 139 cm³/mol. The fraction of sp³-hybridized carbons (Fsp3) is 0. The Labute approximate surface area is 229 Å². The minimum Gasteiger partial charge on any atom is -0.517 e. The van der Waals surface area contributed by atoms with E-state index in [0.717, 1.165) is 27.8 Å². The number of benzene rings is 3. The van der Waals surface area contributed by atoms with Crippen molar-refractivity contribution in [2.45, 2.75) is 0 Å². The van der Waals surface area contributed by atoms with Crippen molar-refractivity contribution >= 4 is 49.9 Å². The van der Waals surface area contributed by atoms with Crippen LogP contribution in [0, 0.1) is 6.07 Å². The molecule has 0 unspecified atom stereocenters. The summed E-state index contributed by atoms with van der Waals surface area (Å²) in [6.45, 7) is 0. The van der Waals surface area contributed by atoms with Gasteiger partial charge in [0.25, 0.3) is 0 Å². The number of fused-ring (bicyclic) bond motifs is 8. The van der Waals surface area contributed by atoms with Gasteiger partial charge in [-0.25, -0.2) is 9.97 Å². The van der Waals surface area contributed by atoms with Crippen LogP contribution >= 0.6 is 0 Å². The molecule has 0 saturated heterocycles. The number of hydrogen-bond donors (Lipinski definition) is 1. The zero-order valence-electron chi connectivity index (χ0n) is 19.5. The van der Waals surface area contributed by atoms with E-state index in [0.29, 0.717) is 39.5 Å². The fourth-order valence-corrected chi connectivity index (χ4v) is 4.92. The smallest absolute Gasteiger partial charge is 0.221 e. The molecule has 0 saturated carbocycles. The molecule has 5 aromatic heterocycles. The van der Waals surface area contributed by atoms with Gasteiger partial charge in [0.05, 0.1) is 27.8 Å². The van der Waals surface area contributed by atoms with Crippen LogP contribution in [-0.2, 0) is 21.1 Å². The van der Waals surface area contributed by atoms with Crippen LogP contribution in [0.4, 0.5) is 0 Å². The Balaban J connectivity index is 0.00000242. The summed E-state index contributed by atoms with van der Waals surface area (Å²) in [6.07, 6.45) is 1.50. The molecule has 9 heteroatoms. The first kappa shape index (κ1) is 22.5. The molecule has 0 aliphatic heterocycles. The normalized spacial score (nSPS) is 11.6. The first-order valence-electron chi connectivity index (χ1n) is 11.7. The van der Waals surface area contributed by atoms with Crippen molar-refractivity contribution < 1.29 is 35.3 Å². The van der Waals surface area contributed by atoms with Crippen LogP contribution < -0.4 is 4.74 Å². The quantitative estimate of drug-likeness (QED) is 0.217. The Hall–Kier alpha value is -4.68. The molecule has 38 heavy (non-hydrogen) atoms. The summed E-state index contributed by atoms with van der Waals surface area (Å²) in [5.41, 5.74) is 4.88. The number of ether oxygens (including phenoxy) is 1. The van der Waals surface area contributed by atoms with Gasteiger partial charge in [0.1, 0.15) is 5.82 Å². The maximum atomic E-state index is 10.3. The molecular formula is C29H16N5O3Pt-. The Morgan fingerprint density at radius 1 is 0.816 bits per heavy atom. The van der Waals surface area contributed by atoms with Crippen LogP contribution in [-0.4, -0.2) is 29.0 Å². The van der Waals surface area contributed by atoms with E-state index in [4.69, 9.17) is 19.1 Å². The summed E-state index contributed by atoms with van der Waals surface area (Å²) in [7, 11) is 0. The second kappa shape index (κ2) is 8.43. The topological polar surface area (TPSA) is 90.6 Å². The van der Waals surface area contributed by atoms with Crippen LogP contribution in [0.2, 0.25) is 0 Å². The molecule has 0 atom stereocenters. The number of aromatic hydroxyl groups is 1. The third-order valence-corrected chi connectivity index (χ3v) is 6.49. The number of para-hydroxylation sites is 4. The van der Waals surface area contributed by atoms with E-state index >= 15 is 0 Å². The van der Waals surface area contributed by atoms with Crippen LogP contribution in [0.3, 0.4) is 0 Å². The van der Waals surface area contributed by atoms with Gasteiger partial charge >= 0.3 is 0 Å². The number of aromatic nitrogens is 5. The Morgan fingerprint density at radius 3 is 2.53 bits per heavy atom. The second-order valence-electron chi connectivity index (χ2n) is 8.67. The van der Waals surface area contributed by atoms with Crippen molar-refractivity contribution in [3.8, 4) is 23.2 Å². The van der Waals surface area contributed by atoms with E-state index in [9.17, 15) is 5.11 Å². The molecule has 186 valence electrons. The van der Waals surface area contributed by atoms with Gasteiger partial charge in [-0.3, -0.25) is 8.97 Å². The molecule has 1 N–H and O–H groups in total. The monoisotopic (exact) mass is 677 g/mol. The average Bonchev–Trinajstić information content (AvgIpc) is 3.57. The number of imidazole rings is 2. The molecule has 0 amide bonds. The summed E-state index contributed by atoms with van der Waals surface area (Å²) in [5, 5.41) is 11.4. The summed E-state index contributed by atoms with van der Waals surface area (Å²) < 4.78 is 16.0. The molecule has 8 nitrogen and oxygen atoms in total. The third kappa shape index (κ3) is 3.24. The molecule has 0 fully saturated rings. The SMILES string of the molecule is Oc1ccnc2oc3ccc(Oc4cccc(-n5c6ccccc6n6c7ccccc7nc56)n4)[c-]c3c12.[Pt]. The number of furan rings is 1. The fourth-order valence-electron chi connectivity index (χ4n) is 4.92. The van der Waals surface area contributed by atoms with Crippen LogP contribution in [0.25, 0.3) is 55.7 Å². The predicted octanol–water partition coefficient (Wildman–Crippen LogP) is 6.42. The average molecular weight is 678 g/mol. The van der Waals surface area contributed by atoms with E-state index in [-0.39, 0.29) is 26.8 Å². The molecule has 8 aromatic rings. The van der Waals surface area contributed by atoms with Crippen molar-refractivity contribution in [2.24, 2.45) is 0 Å². The van der Waals surface area contributed by atoms with Crippen molar-refractivity contribution in [3.05, 3.63) is 97.2 Å². The molecule has 0 spiro atoms. The number of rotatable bonds is 3. The van der Waals surface area contributed by atoms with Crippen molar-refractivity contribution in [1.82, 2.24) is 23.9 Å². The standard InChI is InChI=1S/C29H16N5O3.Pt/c35-23-14-15-30-28-27(23)18-16-17(12-13-24(18)37-28)36-26-11-5-10-25(32-26)34-22-9-4-3-8-21(22)33-20-7-2-1-6-19(20)31-29(33)34;/h1-15H,(H,30,35);/q-1;. The van der Waals surface area contributed by atoms with Gasteiger partial charge in [-0.2, -0.15) is 4.98 Å². The third-order valence-electron chi connectivity index (χ3n) is 6.49. The molecule has 0 aliphatic rings. The van der Waals surface area contributed by atoms with Crippen LogP contribution in [0.15, 0.2) is 95.5 Å². The summed E-state index contributed by atoms with van der Waals surface area (Å²) in [5.74, 6) is 2.36. The van der Waals surface area contributed by atoms with Crippen LogP contribution in [0.1, 0.15) is 0 Å². The van der Waals surface area contributed by atoms with E-state index in [1.54, 1.807) is 18.2 Å².